The maximum atomic E-state index is 6.76. The lowest BCUT2D eigenvalue weighted by Crippen LogP contribution is -2.21. The van der Waals surface area contributed by atoms with Gasteiger partial charge in [0.05, 0.1) is 33.5 Å². The van der Waals surface area contributed by atoms with Crippen LogP contribution in [-0.4, -0.2) is 4.57 Å². The van der Waals surface area contributed by atoms with Gasteiger partial charge >= 0.3 is 0 Å². The third-order valence-electron chi connectivity index (χ3n) is 12.8. The number of anilines is 3. The molecule has 1 aliphatic carbocycles. The van der Waals surface area contributed by atoms with Crippen LogP contribution in [0.5, 0.6) is 0 Å². The first-order valence-electron chi connectivity index (χ1n) is 20.8. The Kier molecular flexibility index (Phi) is 7.58. The van der Waals surface area contributed by atoms with Crippen LogP contribution in [0.15, 0.2) is 211 Å². The van der Waals surface area contributed by atoms with Crippen LogP contribution in [0.25, 0.3) is 82.8 Å². The van der Waals surface area contributed by atoms with Crippen molar-refractivity contribution in [1.29, 1.82) is 0 Å². The minimum atomic E-state index is -0.232. The molecular formula is C57H40N2O. The highest BCUT2D eigenvalue weighted by molar-refractivity contribution is 6.16. The molecule has 11 aromatic rings. The van der Waals surface area contributed by atoms with Crippen molar-refractivity contribution < 1.29 is 4.42 Å². The average Bonchev–Trinajstić information content (AvgIpc) is 3.93. The average molecular weight is 769 g/mol. The van der Waals surface area contributed by atoms with Crippen LogP contribution in [-0.2, 0) is 5.41 Å². The van der Waals surface area contributed by atoms with Crippen molar-refractivity contribution in [3.8, 4) is 39.1 Å². The summed E-state index contributed by atoms with van der Waals surface area (Å²) < 4.78 is 9.13. The second kappa shape index (κ2) is 13.2. The van der Waals surface area contributed by atoms with E-state index < -0.39 is 0 Å². The van der Waals surface area contributed by atoms with Gasteiger partial charge in [0.1, 0.15) is 11.2 Å². The van der Waals surface area contributed by atoms with Crippen molar-refractivity contribution in [2.45, 2.75) is 19.3 Å². The predicted octanol–water partition coefficient (Wildman–Crippen LogP) is 15.8. The molecule has 0 saturated carbocycles. The van der Waals surface area contributed by atoms with Gasteiger partial charge in [-0.15, -0.1) is 0 Å². The summed E-state index contributed by atoms with van der Waals surface area (Å²) in [5.74, 6) is 0. The molecule has 3 heteroatoms. The molecule has 0 spiro atoms. The van der Waals surface area contributed by atoms with Crippen molar-refractivity contribution in [3.63, 3.8) is 0 Å². The molecule has 2 heterocycles. The number of rotatable bonds is 6. The minimum absolute atomic E-state index is 0.232. The van der Waals surface area contributed by atoms with Gasteiger partial charge in [-0.05, 0) is 106 Å². The molecule has 0 amide bonds. The Balaban J connectivity index is 1.10. The first-order valence-corrected chi connectivity index (χ1v) is 20.8. The molecule has 12 rings (SSSR count). The summed E-state index contributed by atoms with van der Waals surface area (Å²) in [5, 5.41) is 4.64. The summed E-state index contributed by atoms with van der Waals surface area (Å²) in [4.78, 5) is 2.50. The molecule has 0 fully saturated rings. The van der Waals surface area contributed by atoms with Gasteiger partial charge in [-0.3, -0.25) is 0 Å². The third kappa shape index (κ3) is 5.09. The molecule has 0 saturated heterocycles. The first kappa shape index (κ1) is 34.4. The van der Waals surface area contributed by atoms with Crippen LogP contribution >= 0.6 is 0 Å². The van der Waals surface area contributed by atoms with E-state index in [0.717, 1.165) is 55.8 Å². The second-order valence-corrected chi connectivity index (χ2v) is 16.5. The van der Waals surface area contributed by atoms with E-state index in [1.54, 1.807) is 0 Å². The maximum absolute atomic E-state index is 6.76. The van der Waals surface area contributed by atoms with E-state index in [2.05, 4.69) is 230 Å². The molecule has 0 bridgehead atoms. The van der Waals surface area contributed by atoms with Crippen LogP contribution in [0.3, 0.4) is 0 Å². The lowest BCUT2D eigenvalue weighted by Gasteiger charge is -2.33. The van der Waals surface area contributed by atoms with Crippen LogP contribution in [0.1, 0.15) is 25.0 Å². The van der Waals surface area contributed by atoms with Crippen LogP contribution in [0.4, 0.5) is 17.1 Å². The van der Waals surface area contributed by atoms with E-state index in [-0.39, 0.29) is 5.41 Å². The Morgan fingerprint density at radius 1 is 0.417 bits per heavy atom. The fourth-order valence-corrected chi connectivity index (χ4v) is 10.1. The summed E-state index contributed by atoms with van der Waals surface area (Å²) in [6.07, 6.45) is 0. The van der Waals surface area contributed by atoms with Crippen LogP contribution in [0.2, 0.25) is 0 Å². The number of aromatic nitrogens is 1. The molecule has 284 valence electrons. The maximum Gasteiger partial charge on any atom is 0.137 e. The quantitative estimate of drug-likeness (QED) is 0.168. The summed E-state index contributed by atoms with van der Waals surface area (Å²) in [6.45, 7) is 4.74. The molecule has 0 atom stereocenters. The minimum Gasteiger partial charge on any atom is -0.456 e. The fraction of sp³-hybridized carbons (Fsp3) is 0.0526. The highest BCUT2D eigenvalue weighted by Crippen LogP contribution is 2.56. The summed E-state index contributed by atoms with van der Waals surface area (Å²) in [5.41, 5.74) is 18.3. The van der Waals surface area contributed by atoms with E-state index in [1.165, 1.54) is 55.2 Å². The van der Waals surface area contributed by atoms with E-state index in [1.807, 2.05) is 0 Å². The largest absolute Gasteiger partial charge is 0.456 e. The van der Waals surface area contributed by atoms with E-state index in [9.17, 15) is 0 Å². The van der Waals surface area contributed by atoms with Gasteiger partial charge in [-0.2, -0.15) is 0 Å². The Labute approximate surface area is 349 Å². The van der Waals surface area contributed by atoms with Crippen molar-refractivity contribution in [2.75, 3.05) is 4.90 Å². The van der Waals surface area contributed by atoms with Gasteiger partial charge < -0.3 is 13.9 Å². The van der Waals surface area contributed by atoms with Gasteiger partial charge in [0.15, 0.2) is 0 Å². The van der Waals surface area contributed by atoms with Gasteiger partial charge in [0, 0.05) is 32.8 Å². The summed E-state index contributed by atoms with van der Waals surface area (Å²) in [6, 6.07) is 74.8. The number of furan rings is 1. The van der Waals surface area contributed by atoms with Gasteiger partial charge in [-0.25, -0.2) is 0 Å². The smallest absolute Gasteiger partial charge is 0.137 e. The molecule has 0 unspecified atom stereocenters. The summed E-state index contributed by atoms with van der Waals surface area (Å²) in [7, 11) is 0. The standard InChI is InChI=1S/C57H40N2O/c1-57(2)47-25-12-9-22-42(47)44-24-15-29-52(56(44)57)59(48-26-13-10-21-41(48)37-17-5-3-6-18-37)51-28-16-30-54-55(51)46-36-39(32-34-53(46)60-54)38-31-33-50-45(35-38)43-23-11-14-27-49(43)58(50)40-19-7-4-8-20-40/h3-36H,1-2H3. The first-order chi connectivity index (χ1) is 29.5. The lowest BCUT2D eigenvalue weighted by molar-refractivity contribution is 0.661. The Hall–Kier alpha value is -7.62. The molecule has 9 aromatic carbocycles. The van der Waals surface area contributed by atoms with Gasteiger partial charge in [0.2, 0.25) is 0 Å². The molecule has 2 aromatic heterocycles. The number of para-hydroxylation sites is 3. The van der Waals surface area contributed by atoms with Crippen molar-refractivity contribution in [2.24, 2.45) is 0 Å². The Morgan fingerprint density at radius 2 is 1.03 bits per heavy atom. The Morgan fingerprint density at radius 3 is 1.88 bits per heavy atom. The van der Waals surface area contributed by atoms with Crippen LogP contribution < -0.4 is 4.90 Å². The number of nitrogens with zero attached hydrogens (tertiary/aromatic N) is 2. The zero-order valence-corrected chi connectivity index (χ0v) is 33.4. The van der Waals surface area contributed by atoms with E-state index in [4.69, 9.17) is 4.42 Å². The monoisotopic (exact) mass is 768 g/mol. The highest BCUT2D eigenvalue weighted by atomic mass is 16.3. The number of hydrogen-bond acceptors (Lipinski definition) is 2. The van der Waals surface area contributed by atoms with Crippen molar-refractivity contribution in [3.05, 3.63) is 217 Å². The zero-order chi connectivity index (χ0) is 40.0. The number of benzene rings is 9. The lowest BCUT2D eigenvalue weighted by atomic mass is 9.81. The highest BCUT2D eigenvalue weighted by Gasteiger charge is 2.39. The molecule has 60 heavy (non-hydrogen) atoms. The summed E-state index contributed by atoms with van der Waals surface area (Å²) >= 11 is 0. The Bertz CT molecular complexity index is 3460. The molecule has 1 aliphatic rings. The number of fused-ring (bicyclic) bond motifs is 9. The van der Waals surface area contributed by atoms with E-state index >= 15 is 0 Å². The van der Waals surface area contributed by atoms with Gasteiger partial charge in [-0.1, -0.05) is 153 Å². The molecule has 0 aliphatic heterocycles. The van der Waals surface area contributed by atoms with Crippen molar-refractivity contribution in [1.82, 2.24) is 4.57 Å². The molecule has 0 radical (unpaired) electrons. The van der Waals surface area contributed by atoms with E-state index in [0.29, 0.717) is 0 Å². The molecule has 0 N–H and O–H groups in total. The normalized spacial score (nSPS) is 13.0. The molecular weight excluding hydrogens is 729 g/mol. The zero-order valence-electron chi connectivity index (χ0n) is 33.4. The molecule has 3 nitrogen and oxygen atoms in total. The van der Waals surface area contributed by atoms with Crippen molar-refractivity contribution >= 4 is 60.8 Å². The number of hydrogen-bond donors (Lipinski definition) is 0. The van der Waals surface area contributed by atoms with Gasteiger partial charge in [0.25, 0.3) is 0 Å². The fourth-order valence-electron chi connectivity index (χ4n) is 10.1. The SMILES string of the molecule is CC1(C)c2ccccc2-c2cccc(N(c3ccccc3-c3ccccc3)c3cccc4oc5ccc(-c6ccc7c(c6)c6ccccc6n7-c6ccccc6)cc5c34)c21. The predicted molar refractivity (Wildman–Crippen MR) is 251 cm³/mol. The topological polar surface area (TPSA) is 21.3 Å². The third-order valence-corrected chi connectivity index (χ3v) is 12.8. The second-order valence-electron chi connectivity index (χ2n) is 16.5. The van der Waals surface area contributed by atoms with Crippen LogP contribution in [0, 0.1) is 0 Å².